The summed E-state index contributed by atoms with van der Waals surface area (Å²) in [4.78, 5) is 0.968. The van der Waals surface area contributed by atoms with Crippen molar-refractivity contribution >= 4 is 22.9 Å². The Labute approximate surface area is 93.7 Å². The first-order valence-electron chi connectivity index (χ1n) is 5.11. The van der Waals surface area contributed by atoms with E-state index in [9.17, 15) is 5.11 Å². The molecule has 0 saturated heterocycles. The van der Waals surface area contributed by atoms with Crippen LogP contribution in [0.4, 0.5) is 0 Å². The van der Waals surface area contributed by atoms with E-state index in [0.29, 0.717) is 5.92 Å². The third-order valence-corrected chi connectivity index (χ3v) is 4.74. The van der Waals surface area contributed by atoms with Crippen LogP contribution in [-0.2, 0) is 5.60 Å². The standard InChI is InChI=1S/C11H15ClOS/c1-2-8-3-5-11(13,7-8)10-9(12)4-6-14-10/h4,6,8,13H,2-3,5,7H2,1H3. The Balaban J connectivity index is 2.22. The smallest absolute Gasteiger partial charge is 0.101 e. The maximum atomic E-state index is 10.5. The maximum Gasteiger partial charge on any atom is 0.101 e. The van der Waals surface area contributed by atoms with Gasteiger partial charge in [0.2, 0.25) is 0 Å². The lowest BCUT2D eigenvalue weighted by molar-refractivity contribution is 0.0437. The van der Waals surface area contributed by atoms with Crippen molar-refractivity contribution in [3.05, 3.63) is 21.3 Å². The van der Waals surface area contributed by atoms with Crippen molar-refractivity contribution in [2.45, 2.75) is 38.2 Å². The molecule has 2 rings (SSSR count). The highest BCUT2D eigenvalue weighted by Gasteiger charge is 2.40. The summed E-state index contributed by atoms with van der Waals surface area (Å²) in [7, 11) is 0. The molecule has 1 N–H and O–H groups in total. The summed E-state index contributed by atoms with van der Waals surface area (Å²) < 4.78 is 0. The van der Waals surface area contributed by atoms with Crippen molar-refractivity contribution in [2.24, 2.45) is 5.92 Å². The van der Waals surface area contributed by atoms with E-state index in [1.807, 2.05) is 11.4 Å². The maximum absolute atomic E-state index is 10.5. The van der Waals surface area contributed by atoms with Crippen LogP contribution in [0.15, 0.2) is 11.4 Å². The molecule has 3 heteroatoms. The number of rotatable bonds is 2. The fraction of sp³-hybridized carbons (Fsp3) is 0.636. The Hall–Kier alpha value is -0.0500. The molecule has 1 aromatic heterocycles. The predicted molar refractivity (Wildman–Crippen MR) is 60.9 cm³/mol. The molecule has 14 heavy (non-hydrogen) atoms. The van der Waals surface area contributed by atoms with Gasteiger partial charge in [0.25, 0.3) is 0 Å². The molecule has 1 fully saturated rings. The van der Waals surface area contributed by atoms with Gasteiger partial charge in [0.15, 0.2) is 0 Å². The van der Waals surface area contributed by atoms with Gasteiger partial charge in [-0.25, -0.2) is 0 Å². The van der Waals surface area contributed by atoms with Crippen LogP contribution in [0, 0.1) is 5.92 Å². The average molecular weight is 231 g/mol. The zero-order chi connectivity index (χ0) is 10.2. The number of aliphatic hydroxyl groups is 1. The number of thiophene rings is 1. The van der Waals surface area contributed by atoms with Gasteiger partial charge in [-0.05, 0) is 36.6 Å². The molecular formula is C11H15ClOS. The number of hydrogen-bond donors (Lipinski definition) is 1. The van der Waals surface area contributed by atoms with E-state index in [1.165, 1.54) is 0 Å². The molecular weight excluding hydrogens is 216 g/mol. The Morgan fingerprint density at radius 3 is 3.00 bits per heavy atom. The van der Waals surface area contributed by atoms with Crippen LogP contribution in [0.2, 0.25) is 5.02 Å². The van der Waals surface area contributed by atoms with Gasteiger partial charge in [0, 0.05) is 0 Å². The summed E-state index contributed by atoms with van der Waals surface area (Å²) in [5, 5.41) is 13.1. The van der Waals surface area contributed by atoms with Gasteiger partial charge in [-0.2, -0.15) is 0 Å². The molecule has 0 amide bonds. The highest BCUT2D eigenvalue weighted by molar-refractivity contribution is 7.10. The highest BCUT2D eigenvalue weighted by atomic mass is 35.5. The minimum atomic E-state index is -0.633. The summed E-state index contributed by atoms with van der Waals surface area (Å²) in [6, 6.07) is 1.87. The minimum absolute atomic E-state index is 0.633. The van der Waals surface area contributed by atoms with Gasteiger partial charge < -0.3 is 5.11 Å². The molecule has 1 saturated carbocycles. The van der Waals surface area contributed by atoms with Gasteiger partial charge in [0.05, 0.1) is 9.90 Å². The summed E-state index contributed by atoms with van der Waals surface area (Å²) in [5.41, 5.74) is -0.633. The molecule has 78 valence electrons. The lowest BCUT2D eigenvalue weighted by Crippen LogP contribution is -2.20. The molecule has 0 radical (unpaired) electrons. The molecule has 0 aliphatic heterocycles. The monoisotopic (exact) mass is 230 g/mol. The van der Waals surface area contributed by atoms with Gasteiger partial charge >= 0.3 is 0 Å². The first-order chi connectivity index (χ1) is 6.65. The van der Waals surface area contributed by atoms with Gasteiger partial charge in [-0.15, -0.1) is 11.3 Å². The molecule has 1 heterocycles. The third kappa shape index (κ3) is 1.71. The molecule has 2 unspecified atom stereocenters. The quantitative estimate of drug-likeness (QED) is 0.820. The van der Waals surface area contributed by atoms with Gasteiger partial charge in [0.1, 0.15) is 5.60 Å². The Morgan fingerprint density at radius 2 is 2.50 bits per heavy atom. The van der Waals surface area contributed by atoms with Crippen molar-refractivity contribution in [1.29, 1.82) is 0 Å². The summed E-state index contributed by atoms with van der Waals surface area (Å²) in [5.74, 6) is 0.665. The summed E-state index contributed by atoms with van der Waals surface area (Å²) >= 11 is 7.63. The van der Waals surface area contributed by atoms with Crippen molar-refractivity contribution in [2.75, 3.05) is 0 Å². The van der Waals surface area contributed by atoms with E-state index in [0.717, 1.165) is 35.6 Å². The average Bonchev–Trinajstić information content (AvgIpc) is 2.73. The SMILES string of the molecule is CCC1CCC(O)(c2sccc2Cl)C1. The molecule has 1 nitrogen and oxygen atoms in total. The Kier molecular flexibility index (Phi) is 2.87. The molecule has 1 aliphatic rings. The third-order valence-electron chi connectivity index (χ3n) is 3.21. The highest BCUT2D eigenvalue weighted by Crippen LogP contribution is 2.47. The van der Waals surface area contributed by atoms with Crippen molar-refractivity contribution in [3.8, 4) is 0 Å². The Bertz CT molecular complexity index is 323. The predicted octanol–water partition coefficient (Wildman–Crippen LogP) is 3.80. The van der Waals surface area contributed by atoms with Crippen LogP contribution in [0.1, 0.15) is 37.5 Å². The second-order valence-corrected chi connectivity index (χ2v) is 5.47. The van der Waals surface area contributed by atoms with Crippen LogP contribution < -0.4 is 0 Å². The van der Waals surface area contributed by atoms with Crippen molar-refractivity contribution < 1.29 is 5.11 Å². The van der Waals surface area contributed by atoms with Crippen molar-refractivity contribution in [3.63, 3.8) is 0 Å². The van der Waals surface area contributed by atoms with E-state index < -0.39 is 5.60 Å². The Morgan fingerprint density at radius 1 is 1.71 bits per heavy atom. The van der Waals surface area contributed by atoms with E-state index in [2.05, 4.69) is 6.92 Å². The largest absolute Gasteiger partial charge is 0.384 e. The first-order valence-corrected chi connectivity index (χ1v) is 6.37. The molecule has 2 atom stereocenters. The van der Waals surface area contributed by atoms with Crippen molar-refractivity contribution in [1.82, 2.24) is 0 Å². The zero-order valence-corrected chi connectivity index (χ0v) is 9.87. The normalized spacial score (nSPS) is 32.4. The summed E-state index contributed by atoms with van der Waals surface area (Å²) in [6.07, 6.45) is 4.03. The fourth-order valence-electron chi connectivity index (χ4n) is 2.31. The van der Waals surface area contributed by atoms with Gasteiger partial charge in [-0.1, -0.05) is 24.9 Å². The lowest BCUT2D eigenvalue weighted by atomic mass is 9.97. The molecule has 1 aliphatic carbocycles. The minimum Gasteiger partial charge on any atom is -0.384 e. The van der Waals surface area contributed by atoms with Gasteiger partial charge in [-0.3, -0.25) is 0 Å². The van der Waals surface area contributed by atoms with E-state index >= 15 is 0 Å². The first kappa shape index (κ1) is 10.5. The molecule has 0 bridgehead atoms. The molecule has 0 spiro atoms. The zero-order valence-electron chi connectivity index (χ0n) is 8.29. The van der Waals surface area contributed by atoms with E-state index in [4.69, 9.17) is 11.6 Å². The molecule has 0 aromatic carbocycles. The summed E-state index contributed by atoms with van der Waals surface area (Å²) in [6.45, 7) is 2.19. The van der Waals surface area contributed by atoms with E-state index in [1.54, 1.807) is 11.3 Å². The topological polar surface area (TPSA) is 20.2 Å². The van der Waals surface area contributed by atoms with Crippen LogP contribution in [0.25, 0.3) is 0 Å². The van der Waals surface area contributed by atoms with E-state index in [-0.39, 0.29) is 0 Å². The van der Waals surface area contributed by atoms with Crippen LogP contribution in [-0.4, -0.2) is 5.11 Å². The second kappa shape index (κ2) is 3.84. The van der Waals surface area contributed by atoms with Crippen LogP contribution >= 0.6 is 22.9 Å². The second-order valence-electron chi connectivity index (χ2n) is 4.15. The van der Waals surface area contributed by atoms with Crippen LogP contribution in [0.3, 0.4) is 0 Å². The van der Waals surface area contributed by atoms with Crippen LogP contribution in [0.5, 0.6) is 0 Å². The number of halogens is 1. The fourth-order valence-corrected chi connectivity index (χ4v) is 3.68. The molecule has 1 aromatic rings. The number of hydrogen-bond acceptors (Lipinski definition) is 2. The lowest BCUT2D eigenvalue weighted by Gasteiger charge is -2.21.